The Morgan fingerprint density at radius 2 is 1.65 bits per heavy atom. The molecule has 0 bridgehead atoms. The van der Waals surface area contributed by atoms with E-state index in [0.717, 1.165) is 23.6 Å². The van der Waals surface area contributed by atoms with Crippen LogP contribution in [-0.4, -0.2) is 8.42 Å². The second kappa shape index (κ2) is 5.83. The second-order valence-electron chi connectivity index (χ2n) is 3.99. The maximum Gasteiger partial charge on any atom is 0.255 e. The molecule has 0 saturated carbocycles. The molecular formula is C14H11F2NO2S. The molecule has 2 aromatic carbocycles. The summed E-state index contributed by atoms with van der Waals surface area (Å²) in [7, 11) is -3.78. The van der Waals surface area contributed by atoms with E-state index in [-0.39, 0.29) is 5.69 Å². The highest BCUT2D eigenvalue weighted by molar-refractivity contribution is 7.95. The topological polar surface area (TPSA) is 46.2 Å². The van der Waals surface area contributed by atoms with Crippen LogP contribution in [0.2, 0.25) is 0 Å². The van der Waals surface area contributed by atoms with Crippen LogP contribution in [0, 0.1) is 11.6 Å². The summed E-state index contributed by atoms with van der Waals surface area (Å²) in [6.45, 7) is 0. The maximum absolute atomic E-state index is 13.0. The molecule has 6 heteroatoms. The minimum atomic E-state index is -3.78. The van der Waals surface area contributed by atoms with Crippen LogP contribution in [-0.2, 0) is 10.0 Å². The summed E-state index contributed by atoms with van der Waals surface area (Å²) in [4.78, 5) is 0. The third kappa shape index (κ3) is 3.89. The van der Waals surface area contributed by atoms with E-state index < -0.39 is 21.7 Å². The number of sulfonamides is 1. The quantitative estimate of drug-likeness (QED) is 0.940. The molecule has 2 rings (SSSR count). The Kier molecular flexibility index (Phi) is 4.14. The van der Waals surface area contributed by atoms with Gasteiger partial charge in [-0.15, -0.1) is 0 Å². The second-order valence-corrected chi connectivity index (χ2v) is 5.56. The van der Waals surface area contributed by atoms with E-state index in [1.54, 1.807) is 24.3 Å². The van der Waals surface area contributed by atoms with Gasteiger partial charge < -0.3 is 0 Å². The fourth-order valence-corrected chi connectivity index (χ4v) is 2.35. The fourth-order valence-electron chi connectivity index (χ4n) is 1.49. The van der Waals surface area contributed by atoms with Gasteiger partial charge >= 0.3 is 0 Å². The molecule has 1 N–H and O–H groups in total. The van der Waals surface area contributed by atoms with Crippen molar-refractivity contribution in [1.82, 2.24) is 0 Å². The zero-order valence-corrected chi connectivity index (χ0v) is 11.1. The molecule has 2 aromatic rings. The van der Waals surface area contributed by atoms with Crippen molar-refractivity contribution in [3.63, 3.8) is 0 Å². The van der Waals surface area contributed by atoms with Crippen molar-refractivity contribution in [2.45, 2.75) is 0 Å². The lowest BCUT2D eigenvalue weighted by Gasteiger charge is -2.04. The first-order chi connectivity index (χ1) is 9.46. The van der Waals surface area contributed by atoms with Crippen LogP contribution in [0.5, 0.6) is 0 Å². The van der Waals surface area contributed by atoms with E-state index in [2.05, 4.69) is 4.72 Å². The normalized spacial score (nSPS) is 11.7. The largest absolute Gasteiger partial charge is 0.280 e. The van der Waals surface area contributed by atoms with E-state index in [9.17, 15) is 17.2 Å². The summed E-state index contributed by atoms with van der Waals surface area (Å²) >= 11 is 0. The molecule has 3 nitrogen and oxygen atoms in total. The van der Waals surface area contributed by atoms with E-state index in [1.165, 1.54) is 6.08 Å². The Morgan fingerprint density at radius 1 is 0.950 bits per heavy atom. The molecule has 0 aliphatic heterocycles. The highest BCUT2D eigenvalue weighted by Crippen LogP contribution is 2.15. The molecule has 0 unspecified atom stereocenters. The number of benzene rings is 2. The Hall–Kier alpha value is -2.21. The summed E-state index contributed by atoms with van der Waals surface area (Å²) in [6.07, 6.45) is 1.40. The molecule has 20 heavy (non-hydrogen) atoms. The average Bonchev–Trinajstić information content (AvgIpc) is 2.42. The lowest BCUT2D eigenvalue weighted by Crippen LogP contribution is -2.09. The molecule has 0 aliphatic rings. The van der Waals surface area contributed by atoms with Gasteiger partial charge in [-0.25, -0.2) is 17.2 Å². The van der Waals surface area contributed by atoms with Gasteiger partial charge in [0.25, 0.3) is 10.0 Å². The van der Waals surface area contributed by atoms with Gasteiger partial charge in [-0.2, -0.15) is 0 Å². The lowest BCUT2D eigenvalue weighted by molar-refractivity contribution is 0.509. The first-order valence-electron chi connectivity index (χ1n) is 5.67. The first-order valence-corrected chi connectivity index (χ1v) is 7.22. The minimum Gasteiger partial charge on any atom is -0.280 e. The van der Waals surface area contributed by atoms with Crippen LogP contribution >= 0.6 is 0 Å². The van der Waals surface area contributed by atoms with Crippen LogP contribution in [0.1, 0.15) is 5.56 Å². The monoisotopic (exact) mass is 295 g/mol. The van der Waals surface area contributed by atoms with Crippen LogP contribution in [0.4, 0.5) is 14.5 Å². The van der Waals surface area contributed by atoms with Gasteiger partial charge in [-0.3, -0.25) is 4.72 Å². The minimum absolute atomic E-state index is 0.0402. The van der Waals surface area contributed by atoms with Gasteiger partial charge in [-0.05, 0) is 23.8 Å². The lowest BCUT2D eigenvalue weighted by atomic mass is 10.2. The molecule has 0 atom stereocenters. The zero-order valence-electron chi connectivity index (χ0n) is 10.3. The van der Waals surface area contributed by atoms with Crippen LogP contribution in [0.25, 0.3) is 6.08 Å². The Labute approximate surface area is 115 Å². The van der Waals surface area contributed by atoms with Gasteiger partial charge in [0.15, 0.2) is 11.6 Å². The SMILES string of the molecule is O=S(=O)(/C=C/c1ccccc1)Nc1ccc(F)c(F)c1. The Morgan fingerprint density at radius 3 is 2.30 bits per heavy atom. The van der Waals surface area contributed by atoms with Crippen LogP contribution in [0.3, 0.4) is 0 Å². The summed E-state index contributed by atoms with van der Waals surface area (Å²) < 4.78 is 51.4. The molecule has 0 aliphatic carbocycles. The molecule has 0 radical (unpaired) electrons. The fraction of sp³-hybridized carbons (Fsp3) is 0. The Bertz CT molecular complexity index is 728. The highest BCUT2D eigenvalue weighted by Gasteiger charge is 2.08. The van der Waals surface area contributed by atoms with Crippen molar-refractivity contribution < 1.29 is 17.2 Å². The van der Waals surface area contributed by atoms with Gasteiger partial charge in [0.1, 0.15) is 0 Å². The number of halogens is 2. The third-order valence-electron chi connectivity index (χ3n) is 2.42. The number of anilines is 1. The summed E-state index contributed by atoms with van der Waals surface area (Å²) in [5.74, 6) is -2.15. The van der Waals surface area contributed by atoms with Crippen molar-refractivity contribution >= 4 is 21.8 Å². The third-order valence-corrected chi connectivity index (χ3v) is 3.43. The van der Waals surface area contributed by atoms with Crippen molar-refractivity contribution in [2.24, 2.45) is 0 Å². The average molecular weight is 295 g/mol. The summed E-state index contributed by atoms with van der Waals surface area (Å²) in [5.41, 5.74) is 0.671. The summed E-state index contributed by atoms with van der Waals surface area (Å²) in [6, 6.07) is 11.6. The van der Waals surface area contributed by atoms with Crippen LogP contribution < -0.4 is 4.72 Å². The van der Waals surface area contributed by atoms with Crippen molar-refractivity contribution in [3.05, 3.63) is 71.1 Å². The zero-order chi connectivity index (χ0) is 14.6. The van der Waals surface area contributed by atoms with E-state index >= 15 is 0 Å². The molecule has 0 amide bonds. The molecular weight excluding hydrogens is 284 g/mol. The van der Waals surface area contributed by atoms with Gasteiger partial charge in [0.2, 0.25) is 0 Å². The molecule has 104 valence electrons. The van der Waals surface area contributed by atoms with E-state index in [4.69, 9.17) is 0 Å². The van der Waals surface area contributed by atoms with Crippen molar-refractivity contribution in [2.75, 3.05) is 4.72 Å². The molecule has 0 spiro atoms. The van der Waals surface area contributed by atoms with Gasteiger partial charge in [-0.1, -0.05) is 30.3 Å². The van der Waals surface area contributed by atoms with Crippen molar-refractivity contribution in [1.29, 1.82) is 0 Å². The van der Waals surface area contributed by atoms with E-state index in [1.807, 2.05) is 6.07 Å². The predicted molar refractivity (Wildman–Crippen MR) is 74.4 cm³/mol. The standard InChI is InChI=1S/C14H11F2NO2S/c15-13-7-6-12(10-14(13)16)17-20(18,19)9-8-11-4-2-1-3-5-11/h1-10,17H/b9-8+. The molecule has 0 heterocycles. The van der Waals surface area contributed by atoms with Gasteiger partial charge in [0, 0.05) is 6.07 Å². The summed E-state index contributed by atoms with van der Waals surface area (Å²) in [5, 5.41) is 0.962. The van der Waals surface area contributed by atoms with Crippen LogP contribution in [0.15, 0.2) is 53.9 Å². The number of hydrogen-bond donors (Lipinski definition) is 1. The number of hydrogen-bond acceptors (Lipinski definition) is 2. The predicted octanol–water partition coefficient (Wildman–Crippen LogP) is 3.38. The number of rotatable bonds is 4. The Balaban J connectivity index is 2.15. The number of nitrogens with one attached hydrogen (secondary N) is 1. The smallest absolute Gasteiger partial charge is 0.255 e. The van der Waals surface area contributed by atoms with Crippen molar-refractivity contribution in [3.8, 4) is 0 Å². The van der Waals surface area contributed by atoms with E-state index in [0.29, 0.717) is 5.56 Å². The highest BCUT2D eigenvalue weighted by atomic mass is 32.2. The molecule has 0 saturated heterocycles. The molecule has 0 aromatic heterocycles. The maximum atomic E-state index is 13.0. The van der Waals surface area contributed by atoms with Gasteiger partial charge in [0.05, 0.1) is 11.1 Å². The first kappa shape index (κ1) is 14.2. The molecule has 0 fully saturated rings.